The van der Waals surface area contributed by atoms with Gasteiger partial charge in [0.25, 0.3) is 0 Å². The fourth-order valence-corrected chi connectivity index (χ4v) is 2.37. The molecule has 1 unspecified atom stereocenters. The Balaban J connectivity index is 2.27. The molecule has 3 nitrogen and oxygen atoms in total. The second-order valence-electron chi connectivity index (χ2n) is 6.52. The average Bonchev–Trinajstić information content (AvgIpc) is 2.52. The Kier molecular flexibility index (Phi) is 5.32. The van der Waals surface area contributed by atoms with E-state index in [2.05, 4.69) is 0 Å². The van der Waals surface area contributed by atoms with Crippen LogP contribution in [0.3, 0.4) is 0 Å². The fourth-order valence-electron chi connectivity index (χ4n) is 2.37. The van der Waals surface area contributed by atoms with E-state index < -0.39 is 23.3 Å². The number of Topliss-reactive ketones (excluding diaryl/α,β-unsaturated/α-hetero) is 1. The summed E-state index contributed by atoms with van der Waals surface area (Å²) >= 11 is 0. The number of ether oxygens (including phenoxy) is 1. The van der Waals surface area contributed by atoms with Gasteiger partial charge in [-0.25, -0.2) is 4.79 Å². The highest BCUT2D eigenvalue weighted by Crippen LogP contribution is 2.23. The highest BCUT2D eigenvalue weighted by atomic mass is 16.6. The van der Waals surface area contributed by atoms with E-state index in [0.29, 0.717) is 6.42 Å². The topological polar surface area (TPSA) is 43.4 Å². The maximum Gasteiger partial charge on any atom is 0.375 e. The first kappa shape index (κ1) is 16.9. The first-order chi connectivity index (χ1) is 10.9. The number of hydrogen-bond donors (Lipinski definition) is 0. The zero-order valence-corrected chi connectivity index (χ0v) is 13.8. The predicted molar refractivity (Wildman–Crippen MR) is 90.2 cm³/mol. The molecule has 3 heteroatoms. The molecule has 0 bridgehead atoms. The molecular formula is C20H22O3. The molecule has 0 N–H and O–H groups in total. The van der Waals surface area contributed by atoms with Crippen LogP contribution in [0, 0.1) is 0 Å². The van der Waals surface area contributed by atoms with Crippen LogP contribution in [0.1, 0.15) is 37.8 Å². The highest BCUT2D eigenvalue weighted by molar-refractivity contribution is 6.36. The SMILES string of the molecule is CC(C)(C)OC(=O)C(=O)C(Cc1ccccc1)c1ccccc1. The van der Waals surface area contributed by atoms with Crippen LogP contribution in [0.2, 0.25) is 0 Å². The summed E-state index contributed by atoms with van der Waals surface area (Å²) in [7, 11) is 0. The zero-order valence-electron chi connectivity index (χ0n) is 13.8. The van der Waals surface area contributed by atoms with Crippen LogP contribution in [0.5, 0.6) is 0 Å². The predicted octanol–water partition coefficient (Wildman–Crippen LogP) is 3.92. The summed E-state index contributed by atoms with van der Waals surface area (Å²) in [6.07, 6.45) is 0.475. The molecule has 0 aliphatic rings. The normalized spacial score (nSPS) is 12.5. The number of hydrogen-bond acceptors (Lipinski definition) is 3. The van der Waals surface area contributed by atoms with Gasteiger partial charge in [0.15, 0.2) is 0 Å². The third-order valence-electron chi connectivity index (χ3n) is 3.40. The number of esters is 1. The summed E-state index contributed by atoms with van der Waals surface area (Å²) < 4.78 is 5.25. The third-order valence-corrected chi connectivity index (χ3v) is 3.40. The van der Waals surface area contributed by atoms with Gasteiger partial charge in [-0.3, -0.25) is 4.79 Å². The maximum absolute atomic E-state index is 12.7. The third kappa shape index (κ3) is 5.06. The van der Waals surface area contributed by atoms with Crippen molar-refractivity contribution in [1.29, 1.82) is 0 Å². The first-order valence-electron chi connectivity index (χ1n) is 7.73. The van der Waals surface area contributed by atoms with Crippen molar-refractivity contribution in [2.75, 3.05) is 0 Å². The van der Waals surface area contributed by atoms with E-state index in [-0.39, 0.29) is 0 Å². The molecule has 0 spiro atoms. The zero-order chi connectivity index (χ0) is 16.9. The molecule has 2 rings (SSSR count). The van der Waals surface area contributed by atoms with E-state index in [9.17, 15) is 9.59 Å². The largest absolute Gasteiger partial charge is 0.454 e. The molecule has 2 aromatic rings. The number of ketones is 1. The molecule has 0 saturated carbocycles. The fraction of sp³-hybridized carbons (Fsp3) is 0.300. The Morgan fingerprint density at radius 1 is 0.913 bits per heavy atom. The van der Waals surface area contributed by atoms with Crippen molar-refractivity contribution in [2.45, 2.75) is 38.7 Å². The molecule has 23 heavy (non-hydrogen) atoms. The van der Waals surface area contributed by atoms with Crippen molar-refractivity contribution in [3.63, 3.8) is 0 Å². The van der Waals surface area contributed by atoms with Crippen molar-refractivity contribution < 1.29 is 14.3 Å². The van der Waals surface area contributed by atoms with Crippen LogP contribution in [0.15, 0.2) is 60.7 Å². The first-order valence-corrected chi connectivity index (χ1v) is 7.73. The second kappa shape index (κ2) is 7.23. The Hall–Kier alpha value is -2.42. The summed E-state index contributed by atoms with van der Waals surface area (Å²) in [5.41, 5.74) is 1.16. The van der Waals surface area contributed by atoms with Crippen LogP contribution in [-0.2, 0) is 20.7 Å². The molecule has 0 aromatic heterocycles. The van der Waals surface area contributed by atoms with Crippen LogP contribution >= 0.6 is 0 Å². The minimum Gasteiger partial charge on any atom is -0.454 e. The lowest BCUT2D eigenvalue weighted by atomic mass is 9.88. The molecule has 0 aliphatic carbocycles. The van der Waals surface area contributed by atoms with Gasteiger partial charge >= 0.3 is 5.97 Å². The minimum absolute atomic E-state index is 0.475. The quantitative estimate of drug-likeness (QED) is 0.621. The van der Waals surface area contributed by atoms with Crippen molar-refractivity contribution in [3.8, 4) is 0 Å². The smallest absolute Gasteiger partial charge is 0.375 e. The van der Waals surface area contributed by atoms with Gasteiger partial charge in [0.2, 0.25) is 5.78 Å². The minimum atomic E-state index is -0.776. The molecule has 0 heterocycles. The molecule has 0 aliphatic heterocycles. The molecule has 1 atom stereocenters. The Labute approximate surface area is 137 Å². The Morgan fingerprint density at radius 3 is 1.96 bits per heavy atom. The average molecular weight is 310 g/mol. The van der Waals surface area contributed by atoms with Crippen molar-refractivity contribution >= 4 is 11.8 Å². The van der Waals surface area contributed by atoms with Gasteiger partial charge in [-0.2, -0.15) is 0 Å². The summed E-state index contributed by atoms with van der Waals surface area (Å²) in [4.78, 5) is 24.8. The molecular weight excluding hydrogens is 288 g/mol. The molecule has 2 aromatic carbocycles. The van der Waals surface area contributed by atoms with E-state index in [1.807, 2.05) is 60.7 Å². The maximum atomic E-state index is 12.7. The van der Waals surface area contributed by atoms with Gasteiger partial charge in [-0.05, 0) is 38.3 Å². The van der Waals surface area contributed by atoms with Crippen LogP contribution in [0.4, 0.5) is 0 Å². The lowest BCUT2D eigenvalue weighted by Gasteiger charge is -2.21. The van der Waals surface area contributed by atoms with Gasteiger partial charge in [-0.1, -0.05) is 60.7 Å². The van der Waals surface area contributed by atoms with Crippen LogP contribution < -0.4 is 0 Å². The molecule has 0 amide bonds. The van der Waals surface area contributed by atoms with E-state index >= 15 is 0 Å². The van der Waals surface area contributed by atoms with E-state index in [1.54, 1.807) is 20.8 Å². The summed E-state index contributed by atoms with van der Waals surface area (Å²) in [6, 6.07) is 19.1. The van der Waals surface area contributed by atoms with Gasteiger partial charge in [0, 0.05) is 0 Å². The molecule has 0 radical (unpaired) electrons. The van der Waals surface area contributed by atoms with Gasteiger partial charge < -0.3 is 4.74 Å². The van der Waals surface area contributed by atoms with E-state index in [1.165, 1.54) is 0 Å². The molecule has 120 valence electrons. The van der Waals surface area contributed by atoms with Gasteiger partial charge in [0.1, 0.15) is 5.60 Å². The summed E-state index contributed by atoms with van der Waals surface area (Å²) in [5.74, 6) is -1.81. The molecule has 0 saturated heterocycles. The Morgan fingerprint density at radius 2 is 1.43 bits per heavy atom. The van der Waals surface area contributed by atoms with Crippen LogP contribution in [-0.4, -0.2) is 17.4 Å². The standard InChI is InChI=1S/C20H22O3/c1-20(2,3)23-19(22)18(21)17(16-12-8-5-9-13-16)14-15-10-6-4-7-11-15/h4-13,17H,14H2,1-3H3. The van der Waals surface area contributed by atoms with E-state index in [4.69, 9.17) is 4.74 Å². The highest BCUT2D eigenvalue weighted by Gasteiger charge is 2.31. The van der Waals surface area contributed by atoms with Gasteiger partial charge in [-0.15, -0.1) is 0 Å². The van der Waals surface area contributed by atoms with Crippen molar-refractivity contribution in [1.82, 2.24) is 0 Å². The Bertz CT molecular complexity index is 654. The van der Waals surface area contributed by atoms with Crippen molar-refractivity contribution in [2.24, 2.45) is 0 Å². The number of carbonyl (C=O) groups excluding carboxylic acids is 2. The van der Waals surface area contributed by atoms with E-state index in [0.717, 1.165) is 11.1 Å². The van der Waals surface area contributed by atoms with Crippen LogP contribution in [0.25, 0.3) is 0 Å². The lowest BCUT2D eigenvalue weighted by Crippen LogP contribution is -2.32. The van der Waals surface area contributed by atoms with Gasteiger partial charge in [0.05, 0.1) is 5.92 Å². The summed E-state index contributed by atoms with van der Waals surface area (Å²) in [6.45, 7) is 5.27. The number of carbonyl (C=O) groups is 2. The lowest BCUT2D eigenvalue weighted by molar-refractivity contribution is -0.163. The molecule has 0 fully saturated rings. The number of benzene rings is 2. The second-order valence-corrected chi connectivity index (χ2v) is 6.52. The monoisotopic (exact) mass is 310 g/mol. The summed E-state index contributed by atoms with van der Waals surface area (Å²) in [5, 5.41) is 0. The number of rotatable bonds is 5. The van der Waals surface area contributed by atoms with Crippen molar-refractivity contribution in [3.05, 3.63) is 71.8 Å².